The summed E-state index contributed by atoms with van der Waals surface area (Å²) in [7, 11) is 0. The molecule has 0 saturated carbocycles. The molecule has 0 spiro atoms. The first-order valence-electron chi connectivity index (χ1n) is 10.5. The fourth-order valence-electron chi connectivity index (χ4n) is 3.42. The van der Waals surface area contributed by atoms with Crippen molar-refractivity contribution in [2.45, 2.75) is 6.92 Å². The van der Waals surface area contributed by atoms with Gasteiger partial charge in [-0.25, -0.2) is 0 Å². The maximum absolute atomic E-state index is 12.4. The van der Waals surface area contributed by atoms with E-state index in [4.69, 9.17) is 21.1 Å². The maximum atomic E-state index is 12.4. The van der Waals surface area contributed by atoms with E-state index >= 15 is 0 Å². The van der Waals surface area contributed by atoms with Gasteiger partial charge < -0.3 is 19.7 Å². The number of nitrogens with one attached hydrogen (secondary N) is 1. The molecule has 168 valence electrons. The van der Waals surface area contributed by atoms with E-state index in [1.54, 1.807) is 41.3 Å². The zero-order valence-corrected chi connectivity index (χ0v) is 18.8. The standard InChI is InChI=1S/C26H23ClN2O4/c1-18-3-2-4-22(15-18)32-14-13-29-23-11-10-21(16-24(23)33-17-26(29)31)28-25(30)12-7-19-5-8-20(27)9-6-19/h2-12,15-16H,13-14,17H2,1H3,(H,28,30)/b12-7+. The van der Waals surface area contributed by atoms with Crippen molar-refractivity contribution in [3.63, 3.8) is 0 Å². The number of aryl methyl sites for hydroxylation is 1. The number of halogens is 1. The van der Waals surface area contributed by atoms with Crippen molar-refractivity contribution in [3.05, 3.63) is 89.0 Å². The van der Waals surface area contributed by atoms with Crippen LogP contribution in [0.2, 0.25) is 5.02 Å². The minimum Gasteiger partial charge on any atom is -0.492 e. The van der Waals surface area contributed by atoms with E-state index in [1.165, 1.54) is 6.08 Å². The molecular formula is C26H23ClN2O4. The van der Waals surface area contributed by atoms with Gasteiger partial charge in [0.05, 0.1) is 12.2 Å². The average Bonchev–Trinajstić information content (AvgIpc) is 2.80. The van der Waals surface area contributed by atoms with Crippen molar-refractivity contribution in [1.82, 2.24) is 0 Å². The predicted octanol–water partition coefficient (Wildman–Crippen LogP) is 5.10. The molecule has 0 fully saturated rings. The number of carbonyl (C=O) groups is 2. The predicted molar refractivity (Wildman–Crippen MR) is 130 cm³/mol. The Morgan fingerprint density at radius 2 is 1.97 bits per heavy atom. The summed E-state index contributed by atoms with van der Waals surface area (Å²) >= 11 is 5.87. The first-order valence-corrected chi connectivity index (χ1v) is 10.9. The van der Waals surface area contributed by atoms with Gasteiger partial charge in [0.1, 0.15) is 18.1 Å². The highest BCUT2D eigenvalue weighted by Gasteiger charge is 2.25. The molecule has 0 aliphatic carbocycles. The zero-order valence-electron chi connectivity index (χ0n) is 18.1. The maximum Gasteiger partial charge on any atom is 0.265 e. The van der Waals surface area contributed by atoms with E-state index < -0.39 is 0 Å². The number of anilines is 2. The van der Waals surface area contributed by atoms with Gasteiger partial charge in [-0.15, -0.1) is 0 Å². The minimum atomic E-state index is -0.278. The third-order valence-corrected chi connectivity index (χ3v) is 5.29. The molecule has 2 amide bonds. The van der Waals surface area contributed by atoms with Crippen LogP contribution in [0.15, 0.2) is 72.8 Å². The highest BCUT2D eigenvalue weighted by atomic mass is 35.5. The van der Waals surface area contributed by atoms with Crippen LogP contribution in [0.4, 0.5) is 11.4 Å². The first-order chi connectivity index (χ1) is 16.0. The lowest BCUT2D eigenvalue weighted by atomic mass is 10.2. The van der Waals surface area contributed by atoms with Crippen molar-refractivity contribution < 1.29 is 19.1 Å². The van der Waals surface area contributed by atoms with E-state index in [2.05, 4.69) is 5.32 Å². The molecule has 0 saturated heterocycles. The molecule has 6 nitrogen and oxygen atoms in total. The fraction of sp³-hybridized carbons (Fsp3) is 0.154. The number of rotatable bonds is 7. The number of amides is 2. The molecule has 4 rings (SSSR count). The van der Waals surface area contributed by atoms with Crippen LogP contribution < -0.4 is 19.7 Å². The van der Waals surface area contributed by atoms with Crippen LogP contribution in [-0.4, -0.2) is 31.6 Å². The van der Waals surface area contributed by atoms with Gasteiger partial charge in [-0.2, -0.15) is 0 Å². The normalized spacial score (nSPS) is 12.9. The van der Waals surface area contributed by atoms with E-state index in [0.717, 1.165) is 16.9 Å². The lowest BCUT2D eigenvalue weighted by molar-refractivity contribution is -0.121. The fourth-order valence-corrected chi connectivity index (χ4v) is 3.54. The van der Waals surface area contributed by atoms with E-state index in [0.29, 0.717) is 35.3 Å². The lowest BCUT2D eigenvalue weighted by Crippen LogP contribution is -2.41. The Kier molecular flexibility index (Phi) is 6.95. The van der Waals surface area contributed by atoms with Gasteiger partial charge in [0.25, 0.3) is 5.91 Å². The summed E-state index contributed by atoms with van der Waals surface area (Å²) in [6.07, 6.45) is 3.15. The Morgan fingerprint density at radius 1 is 1.15 bits per heavy atom. The summed E-state index contributed by atoms with van der Waals surface area (Å²) < 4.78 is 11.4. The second-order valence-electron chi connectivity index (χ2n) is 7.56. The molecule has 1 N–H and O–H groups in total. The van der Waals surface area contributed by atoms with E-state index in [-0.39, 0.29) is 18.4 Å². The Balaban J connectivity index is 1.38. The number of hydrogen-bond donors (Lipinski definition) is 1. The molecule has 3 aromatic carbocycles. The third kappa shape index (κ3) is 5.93. The molecule has 1 heterocycles. The number of ether oxygens (including phenoxy) is 2. The number of carbonyl (C=O) groups excluding carboxylic acids is 2. The van der Waals surface area contributed by atoms with Gasteiger partial charge in [0, 0.05) is 22.9 Å². The van der Waals surface area contributed by atoms with Crippen LogP contribution in [0.25, 0.3) is 6.08 Å². The van der Waals surface area contributed by atoms with Crippen LogP contribution in [0.1, 0.15) is 11.1 Å². The quantitative estimate of drug-likeness (QED) is 0.496. The molecule has 1 aliphatic rings. The summed E-state index contributed by atoms with van der Waals surface area (Å²) in [5, 5.41) is 3.45. The zero-order chi connectivity index (χ0) is 23.2. The summed E-state index contributed by atoms with van der Waals surface area (Å²) in [6, 6.07) is 20.2. The first kappa shape index (κ1) is 22.4. The van der Waals surface area contributed by atoms with Crippen LogP contribution in [-0.2, 0) is 9.59 Å². The Bertz CT molecular complexity index is 1190. The number of nitrogens with zero attached hydrogens (tertiary/aromatic N) is 1. The topological polar surface area (TPSA) is 67.9 Å². The Morgan fingerprint density at radius 3 is 2.76 bits per heavy atom. The van der Waals surface area contributed by atoms with Gasteiger partial charge in [0.2, 0.25) is 5.91 Å². The minimum absolute atomic E-state index is 0.0642. The van der Waals surface area contributed by atoms with E-state index in [1.807, 2.05) is 43.3 Å². The van der Waals surface area contributed by atoms with Crippen molar-refractivity contribution in [3.8, 4) is 11.5 Å². The second-order valence-corrected chi connectivity index (χ2v) is 7.99. The summed E-state index contributed by atoms with van der Waals surface area (Å²) in [5.74, 6) is 0.878. The third-order valence-electron chi connectivity index (χ3n) is 5.04. The monoisotopic (exact) mass is 462 g/mol. The molecule has 0 atom stereocenters. The van der Waals surface area contributed by atoms with Gasteiger partial charge in [-0.05, 0) is 60.5 Å². The molecule has 1 aliphatic heterocycles. The van der Waals surface area contributed by atoms with Crippen molar-refractivity contribution >= 4 is 40.9 Å². The van der Waals surface area contributed by atoms with Crippen LogP contribution in [0.3, 0.4) is 0 Å². The van der Waals surface area contributed by atoms with Crippen LogP contribution >= 0.6 is 11.6 Å². The summed E-state index contributed by atoms with van der Waals surface area (Å²) in [6.45, 7) is 2.67. The van der Waals surface area contributed by atoms with Crippen molar-refractivity contribution in [2.24, 2.45) is 0 Å². The molecule has 33 heavy (non-hydrogen) atoms. The number of hydrogen-bond acceptors (Lipinski definition) is 4. The van der Waals surface area contributed by atoms with Crippen LogP contribution in [0.5, 0.6) is 11.5 Å². The smallest absolute Gasteiger partial charge is 0.265 e. The highest BCUT2D eigenvalue weighted by Crippen LogP contribution is 2.34. The lowest BCUT2D eigenvalue weighted by Gasteiger charge is -2.29. The largest absolute Gasteiger partial charge is 0.492 e. The Labute approximate surface area is 197 Å². The van der Waals surface area contributed by atoms with Crippen molar-refractivity contribution in [1.29, 1.82) is 0 Å². The van der Waals surface area contributed by atoms with Gasteiger partial charge in [-0.1, -0.05) is 35.9 Å². The summed E-state index contributed by atoms with van der Waals surface area (Å²) in [5.41, 5.74) is 3.20. The molecule has 0 bridgehead atoms. The molecule has 0 radical (unpaired) electrons. The highest BCUT2D eigenvalue weighted by molar-refractivity contribution is 6.30. The SMILES string of the molecule is Cc1cccc(OCCN2C(=O)COc3cc(NC(=O)/C=C/c4ccc(Cl)cc4)ccc32)c1. The Hall–Kier alpha value is -3.77. The van der Waals surface area contributed by atoms with Gasteiger partial charge in [-0.3, -0.25) is 9.59 Å². The molecular weight excluding hydrogens is 440 g/mol. The molecule has 0 aromatic heterocycles. The van der Waals surface area contributed by atoms with Gasteiger partial charge >= 0.3 is 0 Å². The van der Waals surface area contributed by atoms with E-state index in [9.17, 15) is 9.59 Å². The summed E-state index contributed by atoms with van der Waals surface area (Å²) in [4.78, 5) is 26.3. The van der Waals surface area contributed by atoms with Crippen molar-refractivity contribution in [2.75, 3.05) is 30.0 Å². The van der Waals surface area contributed by atoms with Crippen LogP contribution in [0, 0.1) is 6.92 Å². The molecule has 0 unspecified atom stereocenters. The number of benzene rings is 3. The van der Waals surface area contributed by atoms with Gasteiger partial charge in [0.15, 0.2) is 6.61 Å². The second kappa shape index (κ2) is 10.2. The average molecular weight is 463 g/mol. The molecule has 7 heteroatoms. The molecule has 3 aromatic rings. The number of fused-ring (bicyclic) bond motifs is 1.